The van der Waals surface area contributed by atoms with Gasteiger partial charge in [-0.2, -0.15) is 4.73 Å². The van der Waals surface area contributed by atoms with Gasteiger partial charge in [0.25, 0.3) is 0 Å². The zero-order chi connectivity index (χ0) is 23.2. The average Bonchev–Trinajstić information content (AvgIpc) is 3.21. The van der Waals surface area contributed by atoms with Crippen LogP contribution in [-0.2, 0) is 17.8 Å². The van der Waals surface area contributed by atoms with Gasteiger partial charge >= 0.3 is 5.97 Å². The number of pyridine rings is 1. The molecule has 0 aromatic carbocycles. The summed E-state index contributed by atoms with van der Waals surface area (Å²) in [7, 11) is 0. The Bertz CT molecular complexity index is 1180. The van der Waals surface area contributed by atoms with Gasteiger partial charge in [0, 0.05) is 54.0 Å². The Morgan fingerprint density at radius 1 is 1.21 bits per heavy atom. The number of piperidine rings is 1. The quantitative estimate of drug-likeness (QED) is 0.622. The first kappa shape index (κ1) is 21.8. The fraction of sp³-hybridized carbons (Fsp3) is 0.500. The molecule has 1 atom stereocenters. The van der Waals surface area contributed by atoms with Gasteiger partial charge in [-0.1, -0.05) is 0 Å². The SMILES string of the molecule is C[C@@H]1Cc2ncnc(C3CCNCC3)c2CN1c1ccnc2c1ccn2OC(=O)C(C)(C)O. The summed E-state index contributed by atoms with van der Waals surface area (Å²) in [5.74, 6) is -0.283. The molecule has 5 heterocycles. The summed E-state index contributed by atoms with van der Waals surface area (Å²) in [4.78, 5) is 33.7. The third kappa shape index (κ3) is 4.06. The van der Waals surface area contributed by atoms with Crippen LogP contribution in [0.2, 0.25) is 0 Å². The fourth-order valence-electron chi connectivity index (χ4n) is 4.82. The largest absolute Gasteiger partial charge is 0.379 e. The monoisotopic (exact) mass is 450 g/mol. The van der Waals surface area contributed by atoms with E-state index >= 15 is 0 Å². The molecule has 0 radical (unpaired) electrons. The Balaban J connectivity index is 1.50. The van der Waals surface area contributed by atoms with E-state index in [0.717, 1.165) is 55.7 Å². The molecule has 0 bridgehead atoms. The molecule has 0 unspecified atom stereocenters. The number of fused-ring (bicyclic) bond motifs is 2. The molecular formula is C24H30N6O3. The van der Waals surface area contributed by atoms with Crippen LogP contribution in [0.5, 0.6) is 0 Å². The lowest BCUT2D eigenvalue weighted by Crippen LogP contribution is -2.40. The summed E-state index contributed by atoms with van der Waals surface area (Å²) < 4.78 is 1.32. The van der Waals surface area contributed by atoms with Crippen LogP contribution in [-0.4, -0.2) is 55.5 Å². The summed E-state index contributed by atoms with van der Waals surface area (Å²) in [6.07, 6.45) is 8.14. The minimum Gasteiger partial charge on any atom is -0.379 e. The van der Waals surface area contributed by atoms with E-state index in [1.54, 1.807) is 18.7 Å². The van der Waals surface area contributed by atoms with Crippen LogP contribution in [0.1, 0.15) is 56.5 Å². The van der Waals surface area contributed by atoms with Gasteiger partial charge in [-0.15, -0.1) is 0 Å². The smallest absolute Gasteiger partial charge is 0.363 e. The van der Waals surface area contributed by atoms with Gasteiger partial charge in [0.05, 0.1) is 11.4 Å². The van der Waals surface area contributed by atoms with E-state index in [1.165, 1.54) is 29.8 Å². The highest BCUT2D eigenvalue weighted by atomic mass is 16.7. The van der Waals surface area contributed by atoms with Crippen molar-refractivity contribution < 1.29 is 14.7 Å². The molecule has 1 saturated heterocycles. The van der Waals surface area contributed by atoms with E-state index in [9.17, 15) is 9.90 Å². The third-order valence-electron chi connectivity index (χ3n) is 6.66. The van der Waals surface area contributed by atoms with Gasteiger partial charge in [0.1, 0.15) is 6.33 Å². The van der Waals surface area contributed by atoms with Gasteiger partial charge in [-0.05, 0) is 58.8 Å². The van der Waals surface area contributed by atoms with Crippen LogP contribution < -0.4 is 15.1 Å². The highest BCUT2D eigenvalue weighted by Crippen LogP contribution is 2.36. The Labute approximate surface area is 192 Å². The van der Waals surface area contributed by atoms with Gasteiger partial charge < -0.3 is 20.2 Å². The summed E-state index contributed by atoms with van der Waals surface area (Å²) in [5.41, 5.74) is 3.52. The molecule has 3 aromatic heterocycles. The van der Waals surface area contributed by atoms with Crippen molar-refractivity contribution in [2.45, 2.75) is 64.1 Å². The number of hydrogen-bond donors (Lipinski definition) is 2. The number of anilines is 1. The Kier molecular flexibility index (Phi) is 5.54. The van der Waals surface area contributed by atoms with Gasteiger partial charge in [-0.25, -0.2) is 19.7 Å². The molecule has 0 aliphatic carbocycles. The molecular weight excluding hydrogens is 420 g/mol. The molecule has 2 N–H and O–H groups in total. The van der Waals surface area contributed by atoms with E-state index < -0.39 is 11.6 Å². The molecule has 174 valence electrons. The normalized spacial score (nSPS) is 19.5. The van der Waals surface area contributed by atoms with Crippen molar-refractivity contribution >= 4 is 22.7 Å². The van der Waals surface area contributed by atoms with E-state index in [2.05, 4.69) is 27.1 Å². The topological polar surface area (TPSA) is 105 Å². The number of aliphatic hydroxyl groups is 1. The number of rotatable bonds is 4. The third-order valence-corrected chi connectivity index (χ3v) is 6.66. The van der Waals surface area contributed by atoms with Crippen molar-refractivity contribution in [1.29, 1.82) is 0 Å². The van der Waals surface area contributed by atoms with Crippen molar-refractivity contribution in [2.75, 3.05) is 18.0 Å². The Morgan fingerprint density at radius 2 is 2.00 bits per heavy atom. The van der Waals surface area contributed by atoms with E-state index in [0.29, 0.717) is 11.6 Å². The number of nitrogens with zero attached hydrogens (tertiary/aromatic N) is 5. The minimum atomic E-state index is -1.59. The molecule has 9 nitrogen and oxygen atoms in total. The fourth-order valence-corrected chi connectivity index (χ4v) is 4.82. The molecule has 3 aromatic rings. The molecule has 33 heavy (non-hydrogen) atoms. The lowest BCUT2D eigenvalue weighted by atomic mass is 9.88. The van der Waals surface area contributed by atoms with E-state index in [-0.39, 0.29) is 6.04 Å². The molecule has 1 fully saturated rings. The van der Waals surface area contributed by atoms with Crippen molar-refractivity contribution in [2.24, 2.45) is 0 Å². The second kappa shape index (κ2) is 8.39. The second-order valence-corrected chi connectivity index (χ2v) is 9.54. The lowest BCUT2D eigenvalue weighted by Gasteiger charge is -2.38. The molecule has 0 saturated carbocycles. The average molecular weight is 451 g/mol. The van der Waals surface area contributed by atoms with Crippen LogP contribution >= 0.6 is 0 Å². The molecule has 2 aliphatic heterocycles. The van der Waals surface area contributed by atoms with Crippen molar-refractivity contribution in [3.05, 3.63) is 47.8 Å². The highest BCUT2D eigenvalue weighted by Gasteiger charge is 2.31. The van der Waals surface area contributed by atoms with Crippen molar-refractivity contribution in [3.63, 3.8) is 0 Å². The zero-order valence-corrected chi connectivity index (χ0v) is 19.3. The van der Waals surface area contributed by atoms with Crippen LogP contribution in [0, 0.1) is 0 Å². The molecule has 5 rings (SSSR count). The first-order valence-corrected chi connectivity index (χ1v) is 11.5. The zero-order valence-electron chi connectivity index (χ0n) is 19.3. The molecule has 2 aliphatic rings. The van der Waals surface area contributed by atoms with Crippen molar-refractivity contribution in [1.82, 2.24) is 25.0 Å². The van der Waals surface area contributed by atoms with E-state index in [4.69, 9.17) is 9.82 Å². The number of carbonyl (C=O) groups excluding carboxylic acids is 1. The highest BCUT2D eigenvalue weighted by molar-refractivity contribution is 5.91. The number of carbonyl (C=O) groups is 1. The minimum absolute atomic E-state index is 0.237. The molecule has 9 heteroatoms. The van der Waals surface area contributed by atoms with Crippen LogP contribution in [0.25, 0.3) is 11.0 Å². The Morgan fingerprint density at radius 3 is 2.76 bits per heavy atom. The predicted molar refractivity (Wildman–Crippen MR) is 124 cm³/mol. The summed E-state index contributed by atoms with van der Waals surface area (Å²) in [6.45, 7) is 7.76. The number of hydrogen-bond acceptors (Lipinski definition) is 8. The van der Waals surface area contributed by atoms with E-state index in [1.807, 2.05) is 12.1 Å². The van der Waals surface area contributed by atoms with Crippen LogP contribution in [0.4, 0.5) is 5.69 Å². The van der Waals surface area contributed by atoms with Crippen molar-refractivity contribution in [3.8, 4) is 0 Å². The molecule has 0 amide bonds. The number of nitrogens with one attached hydrogen (secondary N) is 1. The van der Waals surface area contributed by atoms with Crippen LogP contribution in [0.15, 0.2) is 30.9 Å². The summed E-state index contributed by atoms with van der Waals surface area (Å²) in [6, 6.07) is 4.13. The maximum atomic E-state index is 12.2. The number of aromatic nitrogens is 4. The van der Waals surface area contributed by atoms with Crippen LogP contribution in [0.3, 0.4) is 0 Å². The summed E-state index contributed by atoms with van der Waals surface area (Å²) in [5, 5.41) is 14.3. The first-order chi connectivity index (χ1) is 15.8. The molecule has 0 spiro atoms. The maximum Gasteiger partial charge on any atom is 0.363 e. The standard InChI is InChI=1S/C24H30N6O3/c1-15-12-19-18(21(28-14-27-19)16-4-8-25-9-5-16)13-29(15)20-6-10-26-22-17(20)7-11-30(22)33-23(31)24(2,3)32/h6-7,10-11,14-16,25,32H,4-5,8-9,12-13H2,1-3H3/t15-/m1/s1. The maximum absolute atomic E-state index is 12.2. The summed E-state index contributed by atoms with van der Waals surface area (Å²) >= 11 is 0. The lowest BCUT2D eigenvalue weighted by molar-refractivity contribution is -0.161. The van der Waals surface area contributed by atoms with Gasteiger partial charge in [-0.3, -0.25) is 0 Å². The Hall–Kier alpha value is -3.04. The predicted octanol–water partition coefficient (Wildman–Crippen LogP) is 1.97. The second-order valence-electron chi connectivity index (χ2n) is 9.54. The first-order valence-electron chi connectivity index (χ1n) is 11.5. The van der Waals surface area contributed by atoms with Gasteiger partial charge in [0.2, 0.25) is 0 Å². The van der Waals surface area contributed by atoms with Gasteiger partial charge in [0.15, 0.2) is 11.2 Å².